The van der Waals surface area contributed by atoms with Crippen molar-refractivity contribution in [3.8, 4) is 11.3 Å². The third kappa shape index (κ3) is 3.53. The lowest BCUT2D eigenvalue weighted by atomic mass is 10.1. The molecule has 0 aliphatic heterocycles. The molecule has 2 aromatic heterocycles. The van der Waals surface area contributed by atoms with E-state index >= 15 is 0 Å². The molecule has 6 nitrogen and oxygen atoms in total. The van der Waals surface area contributed by atoms with Crippen LogP contribution in [0, 0.1) is 6.92 Å². The van der Waals surface area contributed by atoms with Crippen molar-refractivity contribution in [3.63, 3.8) is 0 Å². The van der Waals surface area contributed by atoms with Crippen molar-refractivity contribution in [2.75, 3.05) is 10.5 Å². The first-order chi connectivity index (χ1) is 11.0. The fourth-order valence-electron chi connectivity index (χ4n) is 2.17. The standard InChI is InChI=1S/C15H18N4O2S2/c1-3-4-9-23(20,21)18-14-16-15-19(17-14)13(10-22-15)12-7-5-11(2)6-8-12/h5-8,10H,3-4,9H2,1-2H3,(H,17,18). The second kappa shape index (κ2) is 6.29. The van der Waals surface area contributed by atoms with Crippen LogP contribution in [0.2, 0.25) is 0 Å². The Morgan fingerprint density at radius 3 is 2.70 bits per heavy atom. The number of thiazole rings is 1. The second-order valence-corrected chi connectivity index (χ2v) is 8.07. The maximum Gasteiger partial charge on any atom is 0.257 e. The Balaban J connectivity index is 1.90. The molecule has 0 aliphatic rings. The third-order valence-corrected chi connectivity index (χ3v) is 5.58. The molecule has 0 atom stereocenters. The molecule has 3 rings (SSSR count). The Morgan fingerprint density at radius 2 is 2.00 bits per heavy atom. The predicted molar refractivity (Wildman–Crippen MR) is 93.4 cm³/mol. The maximum atomic E-state index is 12.0. The summed E-state index contributed by atoms with van der Waals surface area (Å²) in [6.45, 7) is 3.99. The van der Waals surface area contributed by atoms with Gasteiger partial charge in [-0.05, 0) is 13.3 Å². The first kappa shape index (κ1) is 15.9. The minimum Gasteiger partial charge on any atom is -0.250 e. The number of anilines is 1. The van der Waals surface area contributed by atoms with Crippen molar-refractivity contribution < 1.29 is 8.42 Å². The van der Waals surface area contributed by atoms with Crippen LogP contribution in [0.1, 0.15) is 25.3 Å². The molecule has 122 valence electrons. The van der Waals surface area contributed by atoms with E-state index in [2.05, 4.69) is 14.8 Å². The summed E-state index contributed by atoms with van der Waals surface area (Å²) in [6, 6.07) is 8.10. The first-order valence-corrected chi connectivity index (χ1v) is 9.93. The van der Waals surface area contributed by atoms with E-state index in [4.69, 9.17) is 0 Å². The van der Waals surface area contributed by atoms with Gasteiger partial charge in [0.2, 0.25) is 15.0 Å². The minimum atomic E-state index is -3.39. The summed E-state index contributed by atoms with van der Waals surface area (Å²) in [7, 11) is -3.39. The van der Waals surface area contributed by atoms with Crippen molar-refractivity contribution in [2.45, 2.75) is 26.7 Å². The number of hydrogen-bond donors (Lipinski definition) is 1. The Hall–Kier alpha value is -1.93. The van der Waals surface area contributed by atoms with Crippen LogP contribution >= 0.6 is 11.3 Å². The Kier molecular flexibility index (Phi) is 4.36. The SMILES string of the molecule is CCCCS(=O)(=O)Nc1nc2scc(-c3ccc(C)cc3)n2n1. The predicted octanol–water partition coefficient (Wildman–Crippen LogP) is 3.31. The van der Waals surface area contributed by atoms with Crippen LogP contribution in [-0.4, -0.2) is 28.8 Å². The molecular formula is C15H18N4O2S2. The topological polar surface area (TPSA) is 76.4 Å². The largest absolute Gasteiger partial charge is 0.257 e. The smallest absolute Gasteiger partial charge is 0.250 e. The average Bonchev–Trinajstić information content (AvgIpc) is 3.05. The molecule has 3 aromatic rings. The van der Waals surface area contributed by atoms with Gasteiger partial charge in [0, 0.05) is 10.9 Å². The van der Waals surface area contributed by atoms with Gasteiger partial charge in [-0.15, -0.1) is 16.4 Å². The zero-order valence-electron chi connectivity index (χ0n) is 13.0. The van der Waals surface area contributed by atoms with Crippen molar-refractivity contribution in [1.82, 2.24) is 14.6 Å². The van der Waals surface area contributed by atoms with E-state index in [9.17, 15) is 8.42 Å². The fraction of sp³-hybridized carbons (Fsp3) is 0.333. The van der Waals surface area contributed by atoms with E-state index in [0.29, 0.717) is 11.4 Å². The molecule has 0 saturated heterocycles. The second-order valence-electron chi connectivity index (χ2n) is 5.39. The molecule has 0 aliphatic carbocycles. The Labute approximate surface area is 139 Å². The van der Waals surface area contributed by atoms with Crippen molar-refractivity contribution in [3.05, 3.63) is 35.2 Å². The van der Waals surface area contributed by atoms with Gasteiger partial charge < -0.3 is 0 Å². The molecule has 23 heavy (non-hydrogen) atoms. The fourth-order valence-corrected chi connectivity index (χ4v) is 4.14. The third-order valence-electron chi connectivity index (χ3n) is 3.44. The highest BCUT2D eigenvalue weighted by Gasteiger charge is 2.16. The summed E-state index contributed by atoms with van der Waals surface area (Å²) in [4.78, 5) is 4.91. The van der Waals surface area contributed by atoms with Gasteiger partial charge in [0.1, 0.15) is 0 Å². The number of aromatic nitrogens is 3. The molecule has 0 saturated carbocycles. The highest BCUT2D eigenvalue weighted by atomic mass is 32.2. The van der Waals surface area contributed by atoms with Crippen LogP contribution < -0.4 is 4.72 Å². The quantitative estimate of drug-likeness (QED) is 0.740. The van der Waals surface area contributed by atoms with Crippen LogP contribution in [0.5, 0.6) is 0 Å². The number of nitrogens with zero attached hydrogens (tertiary/aromatic N) is 3. The van der Waals surface area contributed by atoms with Crippen molar-refractivity contribution in [2.24, 2.45) is 0 Å². The zero-order valence-corrected chi connectivity index (χ0v) is 14.6. The van der Waals surface area contributed by atoms with Crippen LogP contribution in [0.25, 0.3) is 16.2 Å². The Morgan fingerprint density at radius 1 is 1.26 bits per heavy atom. The summed E-state index contributed by atoms with van der Waals surface area (Å²) in [5.74, 6) is 0.211. The maximum absolute atomic E-state index is 12.0. The van der Waals surface area contributed by atoms with Gasteiger partial charge in [-0.2, -0.15) is 4.98 Å². The van der Waals surface area contributed by atoms with Crippen molar-refractivity contribution in [1.29, 1.82) is 0 Å². The van der Waals surface area contributed by atoms with Gasteiger partial charge in [0.15, 0.2) is 0 Å². The summed E-state index contributed by atoms with van der Waals surface area (Å²) in [6.07, 6.45) is 1.44. The number of aryl methyl sites for hydroxylation is 1. The van der Waals surface area contributed by atoms with Gasteiger partial charge in [-0.1, -0.05) is 43.2 Å². The normalized spacial score (nSPS) is 11.9. The summed E-state index contributed by atoms with van der Waals surface area (Å²) in [5.41, 5.74) is 3.10. The first-order valence-electron chi connectivity index (χ1n) is 7.40. The van der Waals surface area contributed by atoms with Crippen LogP contribution in [0.3, 0.4) is 0 Å². The number of rotatable bonds is 6. The molecule has 0 fully saturated rings. The molecule has 1 N–H and O–H groups in total. The molecule has 0 unspecified atom stereocenters. The zero-order chi connectivity index (χ0) is 16.4. The van der Waals surface area contributed by atoms with Crippen LogP contribution in [-0.2, 0) is 10.0 Å². The van der Waals surface area contributed by atoms with E-state index in [1.54, 1.807) is 4.52 Å². The van der Waals surface area contributed by atoms with Crippen molar-refractivity contribution >= 4 is 32.3 Å². The highest BCUT2D eigenvalue weighted by Crippen LogP contribution is 2.26. The van der Waals surface area contributed by atoms with Crippen LogP contribution in [0.15, 0.2) is 29.6 Å². The molecule has 2 heterocycles. The number of nitrogens with one attached hydrogen (secondary N) is 1. The summed E-state index contributed by atoms with van der Waals surface area (Å²) >= 11 is 1.43. The molecule has 8 heteroatoms. The Bertz CT molecular complexity index is 911. The summed E-state index contributed by atoms with van der Waals surface area (Å²) < 4.78 is 28.0. The lowest BCUT2D eigenvalue weighted by Gasteiger charge is -2.02. The molecule has 0 amide bonds. The number of benzene rings is 1. The lowest BCUT2D eigenvalue weighted by Crippen LogP contribution is -2.17. The van der Waals surface area contributed by atoms with Gasteiger partial charge in [0.25, 0.3) is 5.95 Å². The van der Waals surface area contributed by atoms with Gasteiger partial charge in [-0.25, -0.2) is 17.7 Å². The van der Waals surface area contributed by atoms with Gasteiger partial charge in [-0.3, -0.25) is 0 Å². The highest BCUT2D eigenvalue weighted by molar-refractivity contribution is 7.92. The molecule has 0 bridgehead atoms. The van der Waals surface area contributed by atoms with E-state index in [1.165, 1.54) is 16.9 Å². The lowest BCUT2D eigenvalue weighted by molar-refractivity contribution is 0.597. The average molecular weight is 350 g/mol. The monoisotopic (exact) mass is 350 g/mol. The van der Waals surface area contributed by atoms with Gasteiger partial charge >= 0.3 is 0 Å². The molecule has 0 radical (unpaired) electrons. The van der Waals surface area contributed by atoms with Crippen LogP contribution in [0.4, 0.5) is 5.95 Å². The van der Waals surface area contributed by atoms with Gasteiger partial charge in [0.05, 0.1) is 11.4 Å². The van der Waals surface area contributed by atoms with E-state index in [1.807, 2.05) is 43.5 Å². The number of hydrogen-bond acceptors (Lipinski definition) is 5. The van der Waals surface area contributed by atoms with E-state index < -0.39 is 10.0 Å². The summed E-state index contributed by atoms with van der Waals surface area (Å²) in [5, 5.41) is 6.26. The molecule has 0 spiro atoms. The molecular weight excluding hydrogens is 332 g/mol. The number of sulfonamides is 1. The van der Waals surface area contributed by atoms with E-state index in [0.717, 1.165) is 17.7 Å². The number of unbranched alkanes of at least 4 members (excludes halogenated alkanes) is 1. The minimum absolute atomic E-state index is 0.0845. The van der Waals surface area contributed by atoms with E-state index in [-0.39, 0.29) is 11.7 Å². The number of fused-ring (bicyclic) bond motifs is 1. The molecule has 1 aromatic carbocycles.